The molecule has 1 aromatic carbocycles. The second kappa shape index (κ2) is 6.43. The second-order valence-corrected chi connectivity index (χ2v) is 4.94. The van der Waals surface area contributed by atoms with E-state index in [0.29, 0.717) is 5.75 Å². The number of rotatable bonds is 6. The minimum atomic E-state index is 0.0477. The van der Waals surface area contributed by atoms with E-state index in [1.165, 1.54) is 0 Å². The van der Waals surface area contributed by atoms with E-state index in [4.69, 9.17) is 4.74 Å². The second-order valence-electron chi connectivity index (χ2n) is 4.94. The van der Waals surface area contributed by atoms with Gasteiger partial charge in [0.05, 0.1) is 13.7 Å². The third-order valence-electron chi connectivity index (χ3n) is 3.26. The van der Waals surface area contributed by atoms with Crippen LogP contribution in [0.4, 0.5) is 0 Å². The summed E-state index contributed by atoms with van der Waals surface area (Å²) in [5.41, 5.74) is 0.859. The average Bonchev–Trinajstić information content (AvgIpc) is 2.90. The summed E-state index contributed by atoms with van der Waals surface area (Å²) in [5, 5.41) is 17.7. The number of phenols is 1. The molecule has 20 heavy (non-hydrogen) atoms. The van der Waals surface area contributed by atoms with Crippen molar-refractivity contribution in [1.29, 1.82) is 0 Å². The maximum Gasteiger partial charge on any atom is 0.124 e. The number of hydrogen-bond acceptors (Lipinski definition) is 4. The minimum absolute atomic E-state index is 0.0477. The molecular weight excluding hydrogens is 254 g/mol. The van der Waals surface area contributed by atoms with E-state index in [0.717, 1.165) is 12.1 Å². The molecule has 2 N–H and O–H groups in total. The highest BCUT2D eigenvalue weighted by atomic mass is 16.5. The standard InChI is InChI=1S/C15H21N3O2/c1-11(10-18-8-4-7-16-18)17-12(2)14-6-5-13(20-3)9-15(14)19/h4-9,11-12,17,19H,10H2,1-3H3. The maximum absolute atomic E-state index is 10.0. The SMILES string of the molecule is COc1ccc(C(C)NC(C)Cn2cccn2)c(O)c1. The van der Waals surface area contributed by atoms with Crippen LogP contribution in [0.1, 0.15) is 25.5 Å². The van der Waals surface area contributed by atoms with Gasteiger partial charge in [0, 0.05) is 36.1 Å². The number of benzene rings is 1. The molecule has 5 nitrogen and oxygen atoms in total. The zero-order chi connectivity index (χ0) is 14.5. The molecule has 0 aliphatic carbocycles. The Morgan fingerprint density at radius 3 is 2.80 bits per heavy atom. The van der Waals surface area contributed by atoms with Gasteiger partial charge in [-0.1, -0.05) is 6.07 Å². The molecule has 108 valence electrons. The molecule has 0 spiro atoms. The Hall–Kier alpha value is -2.01. The highest BCUT2D eigenvalue weighted by Crippen LogP contribution is 2.28. The van der Waals surface area contributed by atoms with E-state index in [9.17, 15) is 5.11 Å². The lowest BCUT2D eigenvalue weighted by atomic mass is 10.1. The number of nitrogens with one attached hydrogen (secondary N) is 1. The molecule has 0 amide bonds. The lowest BCUT2D eigenvalue weighted by Crippen LogP contribution is -2.32. The summed E-state index contributed by atoms with van der Waals surface area (Å²) in [7, 11) is 1.59. The van der Waals surface area contributed by atoms with Crippen molar-refractivity contribution in [2.45, 2.75) is 32.5 Å². The van der Waals surface area contributed by atoms with Gasteiger partial charge in [-0.15, -0.1) is 0 Å². The van der Waals surface area contributed by atoms with Gasteiger partial charge >= 0.3 is 0 Å². The molecule has 2 unspecified atom stereocenters. The quantitative estimate of drug-likeness (QED) is 0.849. The minimum Gasteiger partial charge on any atom is -0.507 e. The van der Waals surface area contributed by atoms with E-state index in [2.05, 4.69) is 17.3 Å². The third kappa shape index (κ3) is 3.51. The van der Waals surface area contributed by atoms with Crippen LogP contribution in [-0.4, -0.2) is 28.0 Å². The molecule has 2 aromatic rings. The first-order valence-electron chi connectivity index (χ1n) is 6.70. The van der Waals surface area contributed by atoms with Gasteiger partial charge in [0.2, 0.25) is 0 Å². The molecule has 0 aliphatic heterocycles. The molecule has 0 saturated carbocycles. The molecule has 0 saturated heterocycles. The van der Waals surface area contributed by atoms with E-state index < -0.39 is 0 Å². The van der Waals surface area contributed by atoms with Crippen LogP contribution in [0.2, 0.25) is 0 Å². The zero-order valence-corrected chi connectivity index (χ0v) is 12.1. The lowest BCUT2D eigenvalue weighted by Gasteiger charge is -2.21. The topological polar surface area (TPSA) is 59.3 Å². The van der Waals surface area contributed by atoms with Crippen LogP contribution >= 0.6 is 0 Å². The summed E-state index contributed by atoms with van der Waals surface area (Å²) < 4.78 is 6.98. The largest absolute Gasteiger partial charge is 0.507 e. The molecule has 0 bridgehead atoms. The number of nitrogens with zero attached hydrogens (tertiary/aromatic N) is 2. The normalized spacial score (nSPS) is 13.9. The van der Waals surface area contributed by atoms with Gasteiger partial charge < -0.3 is 15.2 Å². The smallest absolute Gasteiger partial charge is 0.124 e. The Bertz CT molecular complexity index is 540. The molecular formula is C15H21N3O2. The Labute approximate surface area is 119 Å². The summed E-state index contributed by atoms with van der Waals surface area (Å²) >= 11 is 0. The lowest BCUT2D eigenvalue weighted by molar-refractivity contribution is 0.390. The molecule has 2 atom stereocenters. The zero-order valence-electron chi connectivity index (χ0n) is 12.1. The summed E-state index contributed by atoms with van der Waals surface area (Å²) in [6, 6.07) is 7.56. The summed E-state index contributed by atoms with van der Waals surface area (Å²) in [6.45, 7) is 4.91. The molecule has 0 radical (unpaired) electrons. The predicted molar refractivity (Wildman–Crippen MR) is 77.9 cm³/mol. The first-order chi connectivity index (χ1) is 9.60. The van der Waals surface area contributed by atoms with Crippen molar-refractivity contribution in [3.63, 3.8) is 0 Å². The fourth-order valence-corrected chi connectivity index (χ4v) is 2.27. The number of hydrogen-bond donors (Lipinski definition) is 2. The Balaban J connectivity index is 1.98. The van der Waals surface area contributed by atoms with Gasteiger partial charge in [-0.2, -0.15) is 5.10 Å². The third-order valence-corrected chi connectivity index (χ3v) is 3.26. The average molecular weight is 275 g/mol. The van der Waals surface area contributed by atoms with Crippen molar-refractivity contribution in [1.82, 2.24) is 15.1 Å². The van der Waals surface area contributed by atoms with Gasteiger partial charge in [-0.3, -0.25) is 4.68 Å². The van der Waals surface area contributed by atoms with Crippen LogP contribution in [0.3, 0.4) is 0 Å². The highest BCUT2D eigenvalue weighted by Gasteiger charge is 2.14. The highest BCUT2D eigenvalue weighted by molar-refractivity contribution is 5.41. The van der Waals surface area contributed by atoms with Gasteiger partial charge in [0.15, 0.2) is 0 Å². The molecule has 1 aromatic heterocycles. The van der Waals surface area contributed by atoms with Crippen LogP contribution in [0.25, 0.3) is 0 Å². The molecule has 1 heterocycles. The van der Waals surface area contributed by atoms with Crippen LogP contribution < -0.4 is 10.1 Å². The van der Waals surface area contributed by atoms with Crippen molar-refractivity contribution in [2.24, 2.45) is 0 Å². The number of aromatic hydroxyl groups is 1. The number of methoxy groups -OCH3 is 1. The number of aromatic nitrogens is 2. The fourth-order valence-electron chi connectivity index (χ4n) is 2.27. The Kier molecular flexibility index (Phi) is 4.63. The molecule has 2 rings (SSSR count). The van der Waals surface area contributed by atoms with E-state index in [-0.39, 0.29) is 17.8 Å². The molecule has 5 heteroatoms. The van der Waals surface area contributed by atoms with Crippen LogP contribution in [-0.2, 0) is 6.54 Å². The summed E-state index contributed by atoms with van der Waals surface area (Å²) in [5.74, 6) is 0.902. The number of phenolic OH excluding ortho intramolecular Hbond substituents is 1. The van der Waals surface area contributed by atoms with Crippen molar-refractivity contribution >= 4 is 0 Å². The van der Waals surface area contributed by atoms with Crippen molar-refractivity contribution in [3.05, 3.63) is 42.2 Å². The Morgan fingerprint density at radius 1 is 1.40 bits per heavy atom. The van der Waals surface area contributed by atoms with Crippen molar-refractivity contribution in [3.8, 4) is 11.5 Å². The first-order valence-corrected chi connectivity index (χ1v) is 6.70. The van der Waals surface area contributed by atoms with Gasteiger partial charge in [-0.05, 0) is 26.0 Å². The predicted octanol–water partition coefficient (Wildman–Crippen LogP) is 2.34. The van der Waals surface area contributed by atoms with Gasteiger partial charge in [0.1, 0.15) is 11.5 Å². The van der Waals surface area contributed by atoms with Crippen molar-refractivity contribution in [2.75, 3.05) is 7.11 Å². The number of ether oxygens (including phenoxy) is 1. The molecule has 0 aliphatic rings. The first kappa shape index (κ1) is 14.4. The Morgan fingerprint density at radius 2 is 2.20 bits per heavy atom. The fraction of sp³-hybridized carbons (Fsp3) is 0.400. The molecule has 0 fully saturated rings. The van der Waals surface area contributed by atoms with Crippen LogP contribution in [0.15, 0.2) is 36.7 Å². The van der Waals surface area contributed by atoms with Crippen LogP contribution in [0.5, 0.6) is 11.5 Å². The van der Waals surface area contributed by atoms with E-state index in [1.807, 2.05) is 36.0 Å². The van der Waals surface area contributed by atoms with E-state index >= 15 is 0 Å². The van der Waals surface area contributed by atoms with Gasteiger partial charge in [-0.25, -0.2) is 0 Å². The van der Waals surface area contributed by atoms with Crippen molar-refractivity contribution < 1.29 is 9.84 Å². The summed E-state index contributed by atoms with van der Waals surface area (Å²) in [6.07, 6.45) is 3.71. The maximum atomic E-state index is 10.0. The van der Waals surface area contributed by atoms with Gasteiger partial charge in [0.25, 0.3) is 0 Å². The van der Waals surface area contributed by atoms with E-state index in [1.54, 1.807) is 19.4 Å². The summed E-state index contributed by atoms with van der Waals surface area (Å²) in [4.78, 5) is 0. The van der Waals surface area contributed by atoms with Crippen LogP contribution in [0, 0.1) is 0 Å². The monoisotopic (exact) mass is 275 g/mol.